The van der Waals surface area contributed by atoms with Gasteiger partial charge >= 0.3 is 0 Å². The highest BCUT2D eigenvalue weighted by Gasteiger charge is 2.40. The summed E-state index contributed by atoms with van der Waals surface area (Å²) in [5.41, 5.74) is 3.47. The fourth-order valence-electron chi connectivity index (χ4n) is 4.81. The molecule has 142 valence electrons. The van der Waals surface area contributed by atoms with Crippen LogP contribution in [0.2, 0.25) is 0 Å². The number of hydrogen-bond acceptors (Lipinski definition) is 5. The summed E-state index contributed by atoms with van der Waals surface area (Å²) in [6.07, 6.45) is 3.05. The Hall–Kier alpha value is -2.34. The van der Waals surface area contributed by atoms with Crippen molar-refractivity contribution < 1.29 is 9.13 Å². The lowest BCUT2D eigenvalue weighted by molar-refractivity contribution is 0.122. The summed E-state index contributed by atoms with van der Waals surface area (Å²) in [5, 5.41) is 0. The molecule has 0 spiro atoms. The molecule has 0 saturated carbocycles. The maximum Gasteiger partial charge on any atom is 0.128 e. The fourth-order valence-corrected chi connectivity index (χ4v) is 4.81. The van der Waals surface area contributed by atoms with Crippen molar-refractivity contribution in [3.05, 3.63) is 47.9 Å². The summed E-state index contributed by atoms with van der Waals surface area (Å²) in [5.74, 6) is 1.22. The molecule has 2 saturated heterocycles. The van der Waals surface area contributed by atoms with Gasteiger partial charge < -0.3 is 19.4 Å². The van der Waals surface area contributed by atoms with Crippen LogP contribution in [0.15, 0.2) is 36.5 Å². The van der Waals surface area contributed by atoms with Gasteiger partial charge in [-0.2, -0.15) is 0 Å². The summed E-state index contributed by atoms with van der Waals surface area (Å²) in [4.78, 5) is 11.7. The van der Waals surface area contributed by atoms with E-state index in [9.17, 15) is 4.39 Å². The van der Waals surface area contributed by atoms with E-state index in [1.54, 1.807) is 12.1 Å². The molecule has 0 aliphatic carbocycles. The van der Waals surface area contributed by atoms with Crippen LogP contribution < -0.4 is 14.7 Å². The van der Waals surface area contributed by atoms with Gasteiger partial charge in [-0.25, -0.2) is 9.37 Å². The van der Waals surface area contributed by atoms with Crippen LogP contribution in [0.25, 0.3) is 0 Å². The van der Waals surface area contributed by atoms with Crippen molar-refractivity contribution in [2.45, 2.75) is 18.4 Å². The first-order valence-corrected chi connectivity index (χ1v) is 9.77. The van der Waals surface area contributed by atoms with Crippen LogP contribution in [-0.4, -0.2) is 57.5 Å². The predicted octanol–water partition coefficient (Wildman–Crippen LogP) is 2.87. The lowest BCUT2D eigenvalue weighted by Gasteiger charge is -2.39. The molecule has 4 heterocycles. The van der Waals surface area contributed by atoms with Gasteiger partial charge in [0.15, 0.2) is 0 Å². The Bertz CT molecular complexity index is 821. The van der Waals surface area contributed by atoms with Gasteiger partial charge in [-0.15, -0.1) is 0 Å². The summed E-state index contributed by atoms with van der Waals surface area (Å²) in [7, 11) is 2.13. The zero-order valence-corrected chi connectivity index (χ0v) is 15.6. The van der Waals surface area contributed by atoms with Crippen molar-refractivity contribution in [3.63, 3.8) is 0 Å². The first-order valence-electron chi connectivity index (χ1n) is 9.77. The maximum atomic E-state index is 13.8. The number of piperidine rings is 1. The molecule has 5 nitrogen and oxygen atoms in total. The van der Waals surface area contributed by atoms with Gasteiger partial charge in [-0.3, -0.25) is 0 Å². The van der Waals surface area contributed by atoms with Crippen LogP contribution in [-0.2, 0) is 4.74 Å². The Morgan fingerprint density at radius 2 is 1.93 bits per heavy atom. The second-order valence-corrected chi connectivity index (χ2v) is 7.70. The Kier molecular flexibility index (Phi) is 4.16. The molecular weight excluding hydrogens is 343 g/mol. The third-order valence-corrected chi connectivity index (χ3v) is 6.28. The number of rotatable bonds is 2. The summed E-state index contributed by atoms with van der Waals surface area (Å²) in [6.45, 7) is 5.23. The van der Waals surface area contributed by atoms with E-state index in [-0.39, 0.29) is 5.82 Å². The van der Waals surface area contributed by atoms with Crippen LogP contribution in [0, 0.1) is 5.82 Å². The molecule has 2 fully saturated rings. The SMILES string of the molecule is CN1c2ccc(F)cc2C2CN(c3ccc(N4CCOCC4)nc3)CCC21. The largest absolute Gasteiger partial charge is 0.378 e. The van der Waals surface area contributed by atoms with E-state index in [4.69, 9.17) is 9.72 Å². The number of likely N-dealkylation sites (N-methyl/N-ethyl adjacent to an activating group) is 1. The number of ether oxygens (including phenoxy) is 1. The molecule has 1 aromatic heterocycles. The zero-order chi connectivity index (χ0) is 18.4. The molecule has 3 aliphatic heterocycles. The molecule has 27 heavy (non-hydrogen) atoms. The fraction of sp³-hybridized carbons (Fsp3) is 0.476. The highest BCUT2D eigenvalue weighted by atomic mass is 19.1. The number of aromatic nitrogens is 1. The lowest BCUT2D eigenvalue weighted by Crippen LogP contribution is -2.45. The monoisotopic (exact) mass is 368 g/mol. The Balaban J connectivity index is 1.35. The number of fused-ring (bicyclic) bond motifs is 3. The minimum absolute atomic E-state index is 0.142. The number of nitrogens with zero attached hydrogens (tertiary/aromatic N) is 4. The van der Waals surface area contributed by atoms with Crippen molar-refractivity contribution in [2.24, 2.45) is 0 Å². The third-order valence-electron chi connectivity index (χ3n) is 6.28. The predicted molar refractivity (Wildman–Crippen MR) is 105 cm³/mol. The van der Waals surface area contributed by atoms with Crippen molar-refractivity contribution in [1.82, 2.24) is 4.98 Å². The van der Waals surface area contributed by atoms with E-state index >= 15 is 0 Å². The van der Waals surface area contributed by atoms with E-state index in [2.05, 4.69) is 33.9 Å². The van der Waals surface area contributed by atoms with Gasteiger partial charge in [-0.1, -0.05) is 0 Å². The average Bonchev–Trinajstić information content (AvgIpc) is 3.00. The van der Waals surface area contributed by atoms with Crippen LogP contribution in [0.3, 0.4) is 0 Å². The second-order valence-electron chi connectivity index (χ2n) is 7.70. The molecule has 0 amide bonds. The normalized spacial score (nSPS) is 24.7. The first-order chi connectivity index (χ1) is 13.2. The standard InChI is InChI=1S/C21H25FN4O/c1-24-19-4-2-15(22)12-17(19)18-14-26(7-6-20(18)24)16-3-5-21(23-13-16)25-8-10-27-11-9-25/h2-5,12-13,18,20H,6-11,14H2,1H3. The van der Waals surface area contributed by atoms with Gasteiger partial charge in [0.1, 0.15) is 11.6 Å². The molecule has 0 bridgehead atoms. The van der Waals surface area contributed by atoms with E-state index in [1.807, 2.05) is 12.3 Å². The van der Waals surface area contributed by atoms with Gasteiger partial charge in [0.2, 0.25) is 0 Å². The highest BCUT2D eigenvalue weighted by molar-refractivity contribution is 5.63. The number of halogens is 1. The topological polar surface area (TPSA) is 31.8 Å². The van der Waals surface area contributed by atoms with Crippen LogP contribution in [0.1, 0.15) is 17.9 Å². The van der Waals surface area contributed by atoms with E-state index < -0.39 is 0 Å². The van der Waals surface area contributed by atoms with Crippen molar-refractivity contribution in [3.8, 4) is 0 Å². The number of benzene rings is 1. The smallest absolute Gasteiger partial charge is 0.128 e. The van der Waals surface area contributed by atoms with E-state index in [1.165, 1.54) is 5.69 Å². The minimum Gasteiger partial charge on any atom is -0.378 e. The van der Waals surface area contributed by atoms with Crippen LogP contribution >= 0.6 is 0 Å². The highest BCUT2D eigenvalue weighted by Crippen LogP contribution is 2.44. The quantitative estimate of drug-likeness (QED) is 0.814. The number of anilines is 3. The molecule has 0 radical (unpaired) electrons. The Morgan fingerprint density at radius 3 is 2.70 bits per heavy atom. The Labute approximate surface area is 159 Å². The van der Waals surface area contributed by atoms with Crippen LogP contribution in [0.5, 0.6) is 0 Å². The summed E-state index contributed by atoms with van der Waals surface area (Å²) < 4.78 is 19.3. The van der Waals surface area contributed by atoms with Gasteiger partial charge in [0.05, 0.1) is 25.1 Å². The first kappa shape index (κ1) is 16.8. The molecule has 0 N–H and O–H groups in total. The van der Waals surface area contributed by atoms with Gasteiger partial charge in [-0.05, 0) is 42.3 Å². The number of morpholine rings is 1. The minimum atomic E-state index is -0.142. The van der Waals surface area contributed by atoms with Crippen LogP contribution in [0.4, 0.5) is 21.6 Å². The number of pyridine rings is 1. The lowest BCUT2D eigenvalue weighted by atomic mass is 9.89. The van der Waals surface area contributed by atoms with Crippen molar-refractivity contribution in [1.29, 1.82) is 0 Å². The third kappa shape index (κ3) is 2.92. The number of hydrogen-bond donors (Lipinski definition) is 0. The molecule has 3 aliphatic rings. The molecular formula is C21H25FN4O. The second kappa shape index (κ2) is 6.68. The molecule has 1 aromatic carbocycles. The zero-order valence-electron chi connectivity index (χ0n) is 15.6. The molecule has 2 atom stereocenters. The van der Waals surface area contributed by atoms with Gasteiger partial charge in [0.25, 0.3) is 0 Å². The maximum absolute atomic E-state index is 13.8. The molecule has 5 rings (SSSR count). The summed E-state index contributed by atoms with van der Waals surface area (Å²) in [6, 6.07) is 9.95. The average molecular weight is 368 g/mol. The molecule has 6 heteroatoms. The molecule has 2 aromatic rings. The molecule has 2 unspecified atom stereocenters. The van der Waals surface area contributed by atoms with E-state index in [0.29, 0.717) is 12.0 Å². The van der Waals surface area contributed by atoms with Crippen molar-refractivity contribution >= 4 is 17.2 Å². The summed E-state index contributed by atoms with van der Waals surface area (Å²) >= 11 is 0. The Morgan fingerprint density at radius 1 is 1.07 bits per heavy atom. The van der Waals surface area contributed by atoms with Crippen molar-refractivity contribution in [2.75, 3.05) is 61.1 Å². The van der Waals surface area contributed by atoms with E-state index in [0.717, 1.165) is 62.9 Å². The van der Waals surface area contributed by atoms with Gasteiger partial charge in [0, 0.05) is 50.9 Å².